The zero-order valence-electron chi connectivity index (χ0n) is 14.6. The molecule has 0 bridgehead atoms. The fraction of sp³-hybridized carbons (Fsp3) is 0.400. The lowest BCUT2D eigenvalue weighted by Crippen LogP contribution is -2.37. The molecule has 1 aromatic heterocycles. The van der Waals surface area contributed by atoms with Crippen LogP contribution in [0.1, 0.15) is 42.2 Å². The Morgan fingerprint density at radius 3 is 2.96 bits per heavy atom. The van der Waals surface area contributed by atoms with Gasteiger partial charge in [-0.25, -0.2) is 8.78 Å². The number of rotatable bonds is 7. The third-order valence-electron chi connectivity index (χ3n) is 4.81. The maximum Gasteiger partial charge on any atom is 0.195 e. The van der Waals surface area contributed by atoms with Crippen molar-refractivity contribution < 1.29 is 23.4 Å². The second-order valence-corrected chi connectivity index (χ2v) is 6.93. The lowest BCUT2D eigenvalue weighted by molar-refractivity contribution is -0.133. The number of aliphatic hydroxyl groups excluding tert-OH is 1. The molecule has 0 unspecified atom stereocenters. The predicted octanol–water partition coefficient (Wildman–Crippen LogP) is 4.08. The van der Waals surface area contributed by atoms with Crippen LogP contribution < -0.4 is 0 Å². The second kappa shape index (κ2) is 8.42. The maximum atomic E-state index is 15.7. The molecule has 7 heteroatoms. The molecule has 4 nitrogen and oxygen atoms in total. The van der Waals surface area contributed by atoms with Crippen molar-refractivity contribution in [3.63, 3.8) is 0 Å². The minimum atomic E-state index is -2.14. The first kappa shape index (κ1) is 19.9. The van der Waals surface area contributed by atoms with Gasteiger partial charge < -0.3 is 9.84 Å². The Labute approximate surface area is 161 Å². The van der Waals surface area contributed by atoms with Crippen LogP contribution >= 0.6 is 11.6 Å². The molecule has 0 saturated heterocycles. The van der Waals surface area contributed by atoms with Crippen LogP contribution in [-0.4, -0.2) is 29.1 Å². The monoisotopic (exact) mass is 395 g/mol. The van der Waals surface area contributed by atoms with Gasteiger partial charge in [0.05, 0.1) is 18.9 Å². The van der Waals surface area contributed by atoms with E-state index in [1.54, 1.807) is 12.1 Å². The molecule has 3 rings (SSSR count). The van der Waals surface area contributed by atoms with Gasteiger partial charge >= 0.3 is 0 Å². The van der Waals surface area contributed by atoms with E-state index in [1.807, 2.05) is 0 Å². The van der Waals surface area contributed by atoms with E-state index in [0.29, 0.717) is 17.7 Å². The molecule has 1 aromatic carbocycles. The molecule has 1 aliphatic carbocycles. The van der Waals surface area contributed by atoms with Crippen molar-refractivity contribution in [3.05, 3.63) is 64.2 Å². The number of carbonyl (C=O) groups excluding carboxylic acids is 1. The summed E-state index contributed by atoms with van der Waals surface area (Å²) >= 11 is 5.99. The summed E-state index contributed by atoms with van der Waals surface area (Å²) in [6.07, 6.45) is 1.53. The minimum Gasteiger partial charge on any atom is -0.394 e. The number of carbonyl (C=O) groups is 1. The molecule has 0 radical (unpaired) electrons. The summed E-state index contributed by atoms with van der Waals surface area (Å²) in [7, 11) is 0. The van der Waals surface area contributed by atoms with Crippen LogP contribution in [0, 0.1) is 5.82 Å². The predicted molar refractivity (Wildman–Crippen MR) is 96.8 cm³/mol. The first-order valence-electron chi connectivity index (χ1n) is 8.79. The van der Waals surface area contributed by atoms with Crippen LogP contribution in [0.2, 0.25) is 5.02 Å². The van der Waals surface area contributed by atoms with Gasteiger partial charge in [0.15, 0.2) is 11.5 Å². The number of hydrogen-bond donors (Lipinski definition) is 1. The molecular weight excluding hydrogens is 376 g/mol. The Balaban J connectivity index is 1.79. The van der Waals surface area contributed by atoms with E-state index in [4.69, 9.17) is 21.4 Å². The lowest BCUT2D eigenvalue weighted by atomic mass is 9.77. The highest BCUT2D eigenvalue weighted by atomic mass is 35.5. The van der Waals surface area contributed by atoms with Gasteiger partial charge in [0.2, 0.25) is 0 Å². The highest BCUT2D eigenvalue weighted by Crippen LogP contribution is 2.44. The SMILES string of the molecule is O=C(CCc1ccc(F)cc1Cl)[C@]1(F)CC[C@H](OCCO)c2ncccc21. The Bertz CT molecular complexity index is 833. The van der Waals surface area contributed by atoms with Crippen molar-refractivity contribution in [2.75, 3.05) is 13.2 Å². The average Bonchev–Trinajstić information content (AvgIpc) is 2.67. The van der Waals surface area contributed by atoms with E-state index >= 15 is 4.39 Å². The van der Waals surface area contributed by atoms with Gasteiger partial charge in [-0.3, -0.25) is 9.78 Å². The van der Waals surface area contributed by atoms with E-state index in [0.717, 1.165) is 0 Å². The molecule has 1 heterocycles. The number of halogens is 3. The molecule has 1 N–H and O–H groups in total. The molecule has 0 spiro atoms. The number of nitrogens with zero attached hydrogens (tertiary/aromatic N) is 1. The number of pyridine rings is 1. The molecule has 0 amide bonds. The summed E-state index contributed by atoms with van der Waals surface area (Å²) < 4.78 is 34.4. The molecular formula is C20H20ClF2NO3. The van der Waals surface area contributed by atoms with Crippen molar-refractivity contribution in [1.82, 2.24) is 4.98 Å². The number of aliphatic hydroxyl groups is 1. The van der Waals surface area contributed by atoms with E-state index in [1.165, 1.54) is 24.4 Å². The van der Waals surface area contributed by atoms with Gasteiger partial charge in [0, 0.05) is 23.2 Å². The van der Waals surface area contributed by atoms with Crippen LogP contribution in [0.15, 0.2) is 36.5 Å². The van der Waals surface area contributed by atoms with Crippen molar-refractivity contribution >= 4 is 17.4 Å². The molecule has 1 aliphatic rings. The van der Waals surface area contributed by atoms with Crippen LogP contribution in [0.25, 0.3) is 0 Å². The third-order valence-corrected chi connectivity index (χ3v) is 5.16. The van der Waals surface area contributed by atoms with Gasteiger partial charge in [-0.2, -0.15) is 0 Å². The number of hydrogen-bond acceptors (Lipinski definition) is 4. The smallest absolute Gasteiger partial charge is 0.195 e. The van der Waals surface area contributed by atoms with E-state index in [9.17, 15) is 9.18 Å². The van der Waals surface area contributed by atoms with E-state index in [-0.39, 0.29) is 43.1 Å². The van der Waals surface area contributed by atoms with Gasteiger partial charge in [-0.1, -0.05) is 23.7 Å². The number of aromatic nitrogens is 1. The fourth-order valence-corrected chi connectivity index (χ4v) is 3.69. The number of Topliss-reactive ketones (excluding diaryl/α,β-unsaturated/α-hetero) is 1. The van der Waals surface area contributed by atoms with Gasteiger partial charge in [-0.05, 0) is 43.0 Å². The minimum absolute atomic E-state index is 0.0161. The molecule has 2 atom stereocenters. The summed E-state index contributed by atoms with van der Waals surface area (Å²) in [5.74, 6) is -1.02. The van der Waals surface area contributed by atoms with Crippen LogP contribution in [0.3, 0.4) is 0 Å². The third kappa shape index (κ3) is 4.18. The van der Waals surface area contributed by atoms with Crippen molar-refractivity contribution in [2.45, 2.75) is 37.5 Å². The number of ketones is 1. The highest BCUT2D eigenvalue weighted by Gasteiger charge is 2.46. The Kier molecular flexibility index (Phi) is 6.19. The van der Waals surface area contributed by atoms with Crippen LogP contribution in [0.4, 0.5) is 8.78 Å². The van der Waals surface area contributed by atoms with Crippen LogP contribution in [0.5, 0.6) is 0 Å². The summed E-state index contributed by atoms with van der Waals surface area (Å²) in [5, 5.41) is 9.17. The zero-order valence-corrected chi connectivity index (χ0v) is 15.4. The molecule has 0 saturated carbocycles. The van der Waals surface area contributed by atoms with E-state index < -0.39 is 23.4 Å². The Morgan fingerprint density at radius 1 is 1.41 bits per heavy atom. The Hall–Kier alpha value is -1.89. The molecule has 0 aliphatic heterocycles. The zero-order chi connectivity index (χ0) is 19.4. The first-order chi connectivity index (χ1) is 13.0. The average molecular weight is 396 g/mol. The normalized spacial score (nSPS) is 21.7. The van der Waals surface area contributed by atoms with E-state index in [2.05, 4.69) is 4.98 Å². The highest BCUT2D eigenvalue weighted by molar-refractivity contribution is 6.31. The standard InChI is InChI=1S/C20H20ClF2NO3/c21-16-12-14(22)5-3-13(16)4-6-18(26)20(23)8-7-17(27-11-10-25)19-15(20)2-1-9-24-19/h1-3,5,9,12,17,25H,4,6-8,10-11H2/t17-,20-/m0/s1. The summed E-state index contributed by atoms with van der Waals surface area (Å²) in [5.41, 5.74) is -0.932. The largest absolute Gasteiger partial charge is 0.394 e. The fourth-order valence-electron chi connectivity index (χ4n) is 3.43. The molecule has 27 heavy (non-hydrogen) atoms. The van der Waals surface area contributed by atoms with Crippen molar-refractivity contribution in [2.24, 2.45) is 0 Å². The summed E-state index contributed by atoms with van der Waals surface area (Å²) in [4.78, 5) is 17.0. The molecule has 2 aromatic rings. The van der Waals surface area contributed by atoms with Crippen molar-refractivity contribution in [1.29, 1.82) is 0 Å². The summed E-state index contributed by atoms with van der Waals surface area (Å²) in [6.45, 7) is -0.0201. The second-order valence-electron chi connectivity index (χ2n) is 6.52. The lowest BCUT2D eigenvalue weighted by Gasteiger charge is -2.34. The number of benzene rings is 1. The van der Waals surface area contributed by atoms with Gasteiger partial charge in [0.25, 0.3) is 0 Å². The number of fused-ring (bicyclic) bond motifs is 1. The number of ether oxygens (including phenoxy) is 1. The summed E-state index contributed by atoms with van der Waals surface area (Å²) in [6, 6.07) is 7.09. The molecule has 144 valence electrons. The van der Waals surface area contributed by atoms with Gasteiger partial charge in [-0.15, -0.1) is 0 Å². The topological polar surface area (TPSA) is 59.4 Å². The van der Waals surface area contributed by atoms with Gasteiger partial charge in [0.1, 0.15) is 11.9 Å². The molecule has 0 fully saturated rings. The number of aryl methyl sites for hydroxylation is 1. The quantitative estimate of drug-likeness (QED) is 0.767. The van der Waals surface area contributed by atoms with Crippen LogP contribution in [-0.2, 0) is 21.6 Å². The first-order valence-corrected chi connectivity index (χ1v) is 9.17. The Morgan fingerprint density at radius 2 is 2.22 bits per heavy atom. The maximum absolute atomic E-state index is 15.7. The number of alkyl halides is 1. The van der Waals surface area contributed by atoms with Crippen molar-refractivity contribution in [3.8, 4) is 0 Å².